The number of nitrogens with zero attached hydrogens (tertiary/aromatic N) is 1. The van der Waals surface area contributed by atoms with Crippen molar-refractivity contribution in [2.24, 2.45) is 0 Å². The van der Waals surface area contributed by atoms with Gasteiger partial charge in [-0.15, -0.1) is 0 Å². The maximum absolute atomic E-state index is 12.6. The number of rotatable bonds is 6. The summed E-state index contributed by atoms with van der Waals surface area (Å²) >= 11 is 11.9. The number of halogens is 2. The number of carbonyl (C=O) groups is 1. The van der Waals surface area contributed by atoms with E-state index in [2.05, 4.69) is 5.32 Å². The highest BCUT2D eigenvalue weighted by atomic mass is 35.5. The van der Waals surface area contributed by atoms with Crippen molar-refractivity contribution in [2.45, 2.75) is 31.1 Å². The Morgan fingerprint density at radius 3 is 2.61 bits per heavy atom. The summed E-state index contributed by atoms with van der Waals surface area (Å²) in [7, 11) is 0. The molecule has 150 valence electrons. The first-order chi connectivity index (χ1) is 13.4. The van der Waals surface area contributed by atoms with Gasteiger partial charge in [0, 0.05) is 29.7 Å². The lowest BCUT2D eigenvalue weighted by atomic mass is 9.89. The van der Waals surface area contributed by atoms with Crippen LogP contribution in [-0.4, -0.2) is 52.4 Å². The van der Waals surface area contributed by atoms with Crippen molar-refractivity contribution >= 4 is 29.1 Å². The lowest BCUT2D eigenvalue weighted by Crippen LogP contribution is -2.62. The summed E-state index contributed by atoms with van der Waals surface area (Å²) < 4.78 is 0. The molecule has 0 saturated carbocycles. The van der Waals surface area contributed by atoms with E-state index in [1.54, 1.807) is 23.1 Å². The number of carbonyl (C=O) groups excluding carboxylic acids is 1. The number of benzene rings is 2. The lowest BCUT2D eigenvalue weighted by Gasteiger charge is -2.43. The molecule has 28 heavy (non-hydrogen) atoms. The number of nitrogens with one attached hydrogen (secondary N) is 1. The third-order valence-electron chi connectivity index (χ3n) is 5.03. The molecule has 3 N–H and O–H groups in total. The van der Waals surface area contributed by atoms with Crippen LogP contribution in [0.5, 0.6) is 0 Å². The summed E-state index contributed by atoms with van der Waals surface area (Å²) in [5.41, 5.74) is 0.451. The van der Waals surface area contributed by atoms with E-state index >= 15 is 0 Å². The fourth-order valence-electron chi connectivity index (χ4n) is 3.41. The Morgan fingerprint density at radius 2 is 1.89 bits per heavy atom. The zero-order chi connectivity index (χ0) is 20.1. The summed E-state index contributed by atoms with van der Waals surface area (Å²) in [6, 6.07) is 14.6. The number of hydrogen-bond acceptors (Lipinski definition) is 4. The van der Waals surface area contributed by atoms with Gasteiger partial charge in [-0.2, -0.15) is 0 Å². The van der Waals surface area contributed by atoms with E-state index in [-0.39, 0.29) is 25.4 Å². The lowest BCUT2D eigenvalue weighted by molar-refractivity contribution is -0.150. The van der Waals surface area contributed by atoms with Crippen LogP contribution >= 0.6 is 23.2 Å². The summed E-state index contributed by atoms with van der Waals surface area (Å²) in [4.78, 5) is 14.3. The molecular formula is C21H24Cl2N2O3. The molecule has 0 spiro atoms. The van der Waals surface area contributed by atoms with Gasteiger partial charge < -0.3 is 20.4 Å². The molecule has 1 amide bonds. The molecule has 1 heterocycles. The Balaban J connectivity index is 1.57. The first kappa shape index (κ1) is 21.1. The van der Waals surface area contributed by atoms with Crippen LogP contribution in [0.3, 0.4) is 0 Å². The van der Waals surface area contributed by atoms with Gasteiger partial charge in [-0.25, -0.2) is 0 Å². The van der Waals surface area contributed by atoms with Crippen molar-refractivity contribution in [3.8, 4) is 0 Å². The number of hydrogen-bond donors (Lipinski definition) is 3. The predicted molar refractivity (Wildman–Crippen MR) is 110 cm³/mol. The minimum absolute atomic E-state index is 0.0810. The van der Waals surface area contributed by atoms with Crippen molar-refractivity contribution in [2.75, 3.05) is 19.6 Å². The molecule has 0 aliphatic carbocycles. The van der Waals surface area contributed by atoms with Gasteiger partial charge in [0.1, 0.15) is 5.60 Å². The first-order valence-corrected chi connectivity index (χ1v) is 9.99. The van der Waals surface area contributed by atoms with Crippen LogP contribution in [0.25, 0.3) is 0 Å². The number of β-amino-alcohol motifs (C(OH)–C–C–N with tert-alkyl or cyclic N) is 1. The van der Waals surface area contributed by atoms with Gasteiger partial charge in [0.15, 0.2) is 0 Å². The third-order valence-corrected chi connectivity index (χ3v) is 5.52. The Morgan fingerprint density at radius 1 is 1.14 bits per heavy atom. The fraction of sp³-hybridized carbons (Fsp3) is 0.381. The number of amides is 1. The van der Waals surface area contributed by atoms with Gasteiger partial charge in [-0.3, -0.25) is 4.79 Å². The molecule has 2 aromatic rings. The van der Waals surface area contributed by atoms with E-state index in [1.165, 1.54) is 0 Å². The van der Waals surface area contributed by atoms with Gasteiger partial charge in [0.25, 0.3) is 0 Å². The molecule has 1 saturated heterocycles. The van der Waals surface area contributed by atoms with Crippen LogP contribution in [0, 0.1) is 0 Å². The second-order valence-corrected chi connectivity index (χ2v) is 8.13. The van der Waals surface area contributed by atoms with Crippen LogP contribution in [0.2, 0.25) is 10.0 Å². The van der Waals surface area contributed by atoms with Gasteiger partial charge in [0.2, 0.25) is 5.91 Å². The highest BCUT2D eigenvalue weighted by molar-refractivity contribution is 6.30. The normalized spacial score (nSPS) is 22.3. The van der Waals surface area contributed by atoms with E-state index in [0.29, 0.717) is 29.6 Å². The van der Waals surface area contributed by atoms with Crippen molar-refractivity contribution in [3.05, 3.63) is 69.7 Å². The molecule has 2 atom stereocenters. The Labute approximate surface area is 174 Å². The molecule has 5 nitrogen and oxygen atoms in total. The molecule has 1 aliphatic rings. The maximum atomic E-state index is 12.6. The number of aliphatic hydroxyl groups excluding tert-OH is 1. The second-order valence-electron chi connectivity index (χ2n) is 7.26. The Hall–Kier alpha value is -1.63. The van der Waals surface area contributed by atoms with Crippen molar-refractivity contribution < 1.29 is 15.0 Å². The zero-order valence-corrected chi connectivity index (χ0v) is 17.0. The average Bonchev–Trinajstić information content (AvgIpc) is 2.66. The molecule has 0 unspecified atom stereocenters. The quantitative estimate of drug-likeness (QED) is 0.668. The number of aliphatic hydroxyl groups is 2. The van der Waals surface area contributed by atoms with E-state index in [0.717, 1.165) is 11.1 Å². The van der Waals surface area contributed by atoms with Crippen molar-refractivity contribution in [1.82, 2.24) is 10.2 Å². The zero-order valence-electron chi connectivity index (χ0n) is 15.4. The fourth-order valence-corrected chi connectivity index (χ4v) is 3.75. The summed E-state index contributed by atoms with van der Waals surface area (Å²) in [6.07, 6.45) is -0.319. The number of piperidine rings is 1. The highest BCUT2D eigenvalue weighted by Gasteiger charge is 2.42. The Bertz CT molecular complexity index is 816. The van der Waals surface area contributed by atoms with Gasteiger partial charge in [0.05, 0.1) is 19.1 Å². The molecule has 0 aromatic heterocycles. The Kier molecular flexibility index (Phi) is 6.96. The molecule has 0 bridgehead atoms. The van der Waals surface area contributed by atoms with Crippen LogP contribution in [0.1, 0.15) is 17.5 Å². The SMILES string of the molecule is O=C(Cc1ccc(Cl)cc1)N1CC[C@H](O)[C@@](O)(CNCc2cccc(Cl)c2)C1. The van der Waals surface area contributed by atoms with Gasteiger partial charge in [-0.05, 0) is 41.8 Å². The van der Waals surface area contributed by atoms with Crippen LogP contribution in [0.4, 0.5) is 0 Å². The third kappa shape index (κ3) is 5.46. The molecule has 2 aromatic carbocycles. The topological polar surface area (TPSA) is 72.8 Å². The summed E-state index contributed by atoms with van der Waals surface area (Å²) in [5, 5.41) is 25.7. The summed E-state index contributed by atoms with van der Waals surface area (Å²) in [5.74, 6) is -0.0810. The van der Waals surface area contributed by atoms with Gasteiger partial charge >= 0.3 is 0 Å². The van der Waals surface area contributed by atoms with E-state index < -0.39 is 11.7 Å². The molecular weight excluding hydrogens is 399 g/mol. The standard InChI is InChI=1S/C21H24Cl2N2O3/c22-17-6-4-15(5-7-17)11-20(27)25-9-8-19(26)21(28,14-25)13-24-12-16-2-1-3-18(23)10-16/h1-7,10,19,24,26,28H,8-9,11-14H2/t19-,21+/m0/s1. The maximum Gasteiger partial charge on any atom is 0.227 e. The highest BCUT2D eigenvalue weighted by Crippen LogP contribution is 2.23. The first-order valence-electron chi connectivity index (χ1n) is 9.23. The smallest absolute Gasteiger partial charge is 0.227 e. The minimum Gasteiger partial charge on any atom is -0.390 e. The van der Waals surface area contributed by atoms with Crippen LogP contribution in [0.15, 0.2) is 48.5 Å². The summed E-state index contributed by atoms with van der Waals surface area (Å²) in [6.45, 7) is 1.19. The molecule has 0 radical (unpaired) electrons. The van der Waals surface area contributed by atoms with Crippen LogP contribution < -0.4 is 5.32 Å². The van der Waals surface area contributed by atoms with E-state index in [4.69, 9.17) is 23.2 Å². The van der Waals surface area contributed by atoms with Crippen molar-refractivity contribution in [1.29, 1.82) is 0 Å². The monoisotopic (exact) mass is 422 g/mol. The molecule has 1 aliphatic heterocycles. The molecule has 3 rings (SSSR count). The van der Waals surface area contributed by atoms with Crippen molar-refractivity contribution in [3.63, 3.8) is 0 Å². The van der Waals surface area contributed by atoms with E-state index in [9.17, 15) is 15.0 Å². The molecule has 7 heteroatoms. The predicted octanol–water partition coefficient (Wildman–Crippen LogP) is 2.65. The average molecular weight is 423 g/mol. The minimum atomic E-state index is -1.40. The van der Waals surface area contributed by atoms with Gasteiger partial charge in [-0.1, -0.05) is 47.5 Å². The van der Waals surface area contributed by atoms with E-state index in [1.807, 2.05) is 30.3 Å². The second kappa shape index (κ2) is 9.25. The molecule has 1 fully saturated rings. The van der Waals surface area contributed by atoms with Crippen LogP contribution in [-0.2, 0) is 17.8 Å². The largest absolute Gasteiger partial charge is 0.390 e. The number of likely N-dealkylation sites (tertiary alicyclic amines) is 1.